The Labute approximate surface area is 226 Å². The Morgan fingerprint density at radius 2 is 1.74 bits per heavy atom. The summed E-state index contributed by atoms with van der Waals surface area (Å²) in [5.41, 5.74) is 3.13. The minimum Gasteiger partial charge on any atom is -0.445 e. The molecule has 198 valence electrons. The third-order valence-corrected chi connectivity index (χ3v) is 7.71. The predicted molar refractivity (Wildman–Crippen MR) is 146 cm³/mol. The minimum atomic E-state index is -0.592. The van der Waals surface area contributed by atoms with E-state index in [1.54, 1.807) is 0 Å². The lowest BCUT2D eigenvalue weighted by Gasteiger charge is -2.32. The SMILES string of the molecule is CN1CCN(C(=O)c2ccc(-c3csc(NC(=O)[C@H]4CCCN4C(=O)OCc4ccccc4)n3)cc2)CC1. The molecule has 3 aromatic rings. The van der Waals surface area contributed by atoms with E-state index in [2.05, 4.69) is 22.2 Å². The molecule has 3 heterocycles. The van der Waals surface area contributed by atoms with E-state index < -0.39 is 12.1 Å². The lowest BCUT2D eigenvalue weighted by molar-refractivity contribution is -0.120. The Bertz CT molecular complexity index is 1270. The number of rotatable bonds is 6. The number of carbonyl (C=O) groups excluding carboxylic acids is 3. The first-order valence-corrected chi connectivity index (χ1v) is 13.7. The number of hydrogen-bond acceptors (Lipinski definition) is 7. The number of anilines is 1. The van der Waals surface area contributed by atoms with Crippen molar-refractivity contribution in [3.63, 3.8) is 0 Å². The lowest BCUT2D eigenvalue weighted by Crippen LogP contribution is -2.47. The molecule has 0 spiro atoms. The molecule has 1 atom stereocenters. The molecule has 2 saturated heterocycles. The van der Waals surface area contributed by atoms with Crippen LogP contribution in [-0.2, 0) is 16.1 Å². The van der Waals surface area contributed by atoms with Crippen LogP contribution in [0.15, 0.2) is 60.0 Å². The fraction of sp³-hybridized carbons (Fsp3) is 0.357. The van der Waals surface area contributed by atoms with E-state index in [1.807, 2.05) is 64.9 Å². The smallest absolute Gasteiger partial charge is 0.410 e. The maximum Gasteiger partial charge on any atom is 0.410 e. The largest absolute Gasteiger partial charge is 0.445 e. The van der Waals surface area contributed by atoms with E-state index in [0.29, 0.717) is 23.7 Å². The minimum absolute atomic E-state index is 0.0410. The van der Waals surface area contributed by atoms with Gasteiger partial charge in [0, 0.05) is 49.2 Å². The molecule has 0 bridgehead atoms. The van der Waals surface area contributed by atoms with Crippen molar-refractivity contribution in [2.45, 2.75) is 25.5 Å². The van der Waals surface area contributed by atoms with Crippen molar-refractivity contribution in [2.75, 3.05) is 45.1 Å². The van der Waals surface area contributed by atoms with Gasteiger partial charge in [0.05, 0.1) is 5.69 Å². The molecule has 10 heteroatoms. The van der Waals surface area contributed by atoms with Gasteiger partial charge >= 0.3 is 6.09 Å². The van der Waals surface area contributed by atoms with Crippen molar-refractivity contribution >= 4 is 34.4 Å². The third kappa shape index (κ3) is 6.03. The van der Waals surface area contributed by atoms with Gasteiger partial charge in [0.1, 0.15) is 12.6 Å². The Hall–Kier alpha value is -3.76. The first-order chi connectivity index (χ1) is 18.5. The molecule has 9 nitrogen and oxygen atoms in total. The molecular formula is C28H31N5O4S. The van der Waals surface area contributed by atoms with Gasteiger partial charge in [0.15, 0.2) is 5.13 Å². The van der Waals surface area contributed by atoms with Gasteiger partial charge < -0.3 is 19.9 Å². The van der Waals surface area contributed by atoms with E-state index in [4.69, 9.17) is 4.74 Å². The number of nitrogens with zero attached hydrogens (tertiary/aromatic N) is 4. The first kappa shape index (κ1) is 25.9. The number of amides is 3. The summed E-state index contributed by atoms with van der Waals surface area (Å²) in [6.07, 6.45) is 0.825. The third-order valence-electron chi connectivity index (χ3n) is 6.95. The molecule has 1 aromatic heterocycles. The standard InChI is InChI=1S/C28H31N5O4S/c1-31-14-16-32(17-15-31)26(35)22-11-9-21(10-12-22)23-19-38-27(29-23)30-25(34)24-8-5-13-33(24)28(36)37-18-20-6-3-2-4-7-20/h2-4,6-7,9-12,19,24H,5,8,13-18H2,1H3,(H,29,30,34)/t24-/m1/s1. The van der Waals surface area contributed by atoms with Crippen LogP contribution in [-0.4, -0.2) is 83.4 Å². The summed E-state index contributed by atoms with van der Waals surface area (Å²) < 4.78 is 5.44. The molecule has 0 aliphatic carbocycles. The van der Waals surface area contributed by atoms with Crippen LogP contribution in [0.25, 0.3) is 11.3 Å². The summed E-state index contributed by atoms with van der Waals surface area (Å²) in [7, 11) is 2.06. The van der Waals surface area contributed by atoms with Gasteiger partial charge in [-0.3, -0.25) is 14.5 Å². The topological polar surface area (TPSA) is 95.1 Å². The molecule has 0 unspecified atom stereocenters. The molecule has 0 radical (unpaired) electrons. The van der Waals surface area contributed by atoms with Gasteiger partial charge in [0.25, 0.3) is 5.91 Å². The van der Waals surface area contributed by atoms with Crippen LogP contribution in [0, 0.1) is 0 Å². The van der Waals surface area contributed by atoms with Crippen LogP contribution in [0.4, 0.5) is 9.93 Å². The summed E-state index contributed by atoms with van der Waals surface area (Å²) in [5.74, 6) is -0.229. The fourth-order valence-electron chi connectivity index (χ4n) is 4.69. The molecule has 38 heavy (non-hydrogen) atoms. The summed E-state index contributed by atoms with van der Waals surface area (Å²) in [6.45, 7) is 3.87. The van der Waals surface area contributed by atoms with Crippen molar-refractivity contribution in [1.29, 1.82) is 0 Å². The van der Waals surface area contributed by atoms with E-state index in [-0.39, 0.29) is 18.4 Å². The van der Waals surface area contributed by atoms with Crippen LogP contribution in [0.2, 0.25) is 0 Å². The van der Waals surface area contributed by atoms with Crippen molar-refractivity contribution in [1.82, 2.24) is 19.7 Å². The Kier molecular flexibility index (Phi) is 8.00. The van der Waals surface area contributed by atoms with Gasteiger partial charge in [-0.2, -0.15) is 0 Å². The Morgan fingerprint density at radius 3 is 2.47 bits per heavy atom. The highest BCUT2D eigenvalue weighted by Crippen LogP contribution is 2.27. The Morgan fingerprint density at radius 1 is 1.00 bits per heavy atom. The zero-order valence-corrected chi connectivity index (χ0v) is 22.2. The van der Waals surface area contributed by atoms with Crippen molar-refractivity contribution in [2.24, 2.45) is 0 Å². The van der Waals surface area contributed by atoms with Crippen LogP contribution >= 0.6 is 11.3 Å². The fourth-order valence-corrected chi connectivity index (χ4v) is 5.41. The van der Waals surface area contributed by atoms with Gasteiger partial charge in [-0.25, -0.2) is 9.78 Å². The number of carbonyl (C=O) groups is 3. The second-order valence-corrected chi connectivity index (χ2v) is 10.4. The number of thiazole rings is 1. The molecule has 2 aliphatic rings. The van der Waals surface area contributed by atoms with Gasteiger partial charge in [-0.05, 0) is 37.6 Å². The van der Waals surface area contributed by atoms with Crippen LogP contribution in [0.5, 0.6) is 0 Å². The molecule has 0 saturated carbocycles. The second-order valence-electron chi connectivity index (χ2n) is 9.59. The van der Waals surface area contributed by atoms with E-state index in [0.717, 1.165) is 49.4 Å². The zero-order valence-electron chi connectivity index (χ0n) is 21.3. The molecule has 2 aliphatic heterocycles. The number of nitrogens with one attached hydrogen (secondary N) is 1. The van der Waals surface area contributed by atoms with E-state index >= 15 is 0 Å². The number of hydrogen-bond donors (Lipinski definition) is 1. The predicted octanol–water partition coefficient (Wildman–Crippen LogP) is 3.94. The first-order valence-electron chi connectivity index (χ1n) is 12.8. The summed E-state index contributed by atoms with van der Waals surface area (Å²) in [5, 5.41) is 5.20. The monoisotopic (exact) mass is 533 g/mol. The normalized spacial score (nSPS) is 17.9. The molecule has 5 rings (SSSR count). The highest BCUT2D eigenvalue weighted by molar-refractivity contribution is 7.14. The lowest BCUT2D eigenvalue weighted by atomic mass is 10.1. The molecule has 2 fully saturated rings. The number of ether oxygens (including phenoxy) is 1. The quantitative estimate of drug-likeness (QED) is 0.516. The maximum absolute atomic E-state index is 13.0. The molecule has 2 aromatic carbocycles. The van der Waals surface area contributed by atoms with Crippen LogP contribution < -0.4 is 5.32 Å². The van der Waals surface area contributed by atoms with Gasteiger partial charge in [-0.1, -0.05) is 42.5 Å². The van der Waals surface area contributed by atoms with E-state index in [9.17, 15) is 14.4 Å². The highest BCUT2D eigenvalue weighted by atomic mass is 32.1. The van der Waals surface area contributed by atoms with Gasteiger partial charge in [-0.15, -0.1) is 11.3 Å². The maximum atomic E-state index is 13.0. The van der Waals surface area contributed by atoms with Crippen LogP contribution in [0.1, 0.15) is 28.8 Å². The molecule has 1 N–H and O–H groups in total. The number of likely N-dealkylation sites (tertiary alicyclic amines) is 1. The summed E-state index contributed by atoms with van der Waals surface area (Å²) >= 11 is 1.32. The number of benzene rings is 2. The molecule has 3 amide bonds. The van der Waals surface area contributed by atoms with Crippen molar-refractivity contribution in [3.05, 3.63) is 71.1 Å². The number of piperazine rings is 1. The Balaban J connectivity index is 1.17. The van der Waals surface area contributed by atoms with Gasteiger partial charge in [0.2, 0.25) is 5.91 Å². The average Bonchev–Trinajstić information content (AvgIpc) is 3.63. The summed E-state index contributed by atoms with van der Waals surface area (Å²) in [6, 6.07) is 16.3. The number of aromatic nitrogens is 1. The van der Waals surface area contributed by atoms with Crippen LogP contribution in [0.3, 0.4) is 0 Å². The van der Waals surface area contributed by atoms with Crippen molar-refractivity contribution in [3.8, 4) is 11.3 Å². The molecular weight excluding hydrogens is 502 g/mol. The highest BCUT2D eigenvalue weighted by Gasteiger charge is 2.35. The van der Waals surface area contributed by atoms with E-state index in [1.165, 1.54) is 16.2 Å². The summed E-state index contributed by atoms with van der Waals surface area (Å²) in [4.78, 5) is 48.6. The number of likely N-dealkylation sites (N-methyl/N-ethyl adjacent to an activating group) is 1. The average molecular weight is 534 g/mol. The zero-order chi connectivity index (χ0) is 26.5. The second kappa shape index (κ2) is 11.7. The van der Waals surface area contributed by atoms with Crippen molar-refractivity contribution < 1.29 is 19.1 Å².